The van der Waals surface area contributed by atoms with E-state index in [1.165, 1.54) is 17.8 Å². The second-order valence-corrected chi connectivity index (χ2v) is 5.80. The SMILES string of the molecule is CC(C)CNCCCN(C)Cc1cccs1. The Kier molecular flexibility index (Phi) is 6.69. The Morgan fingerprint density at radius 2 is 2.25 bits per heavy atom. The summed E-state index contributed by atoms with van der Waals surface area (Å²) in [4.78, 5) is 3.85. The summed E-state index contributed by atoms with van der Waals surface area (Å²) in [5.41, 5.74) is 0. The molecule has 1 aromatic rings. The third kappa shape index (κ3) is 6.26. The molecule has 1 rings (SSSR count). The maximum atomic E-state index is 3.47. The highest BCUT2D eigenvalue weighted by Crippen LogP contribution is 2.10. The number of nitrogens with zero attached hydrogens (tertiary/aromatic N) is 1. The molecular weight excluding hydrogens is 216 g/mol. The lowest BCUT2D eigenvalue weighted by Crippen LogP contribution is -2.25. The lowest BCUT2D eigenvalue weighted by atomic mass is 10.2. The van der Waals surface area contributed by atoms with Gasteiger partial charge >= 0.3 is 0 Å². The van der Waals surface area contributed by atoms with E-state index in [1.807, 2.05) is 11.3 Å². The van der Waals surface area contributed by atoms with E-state index in [2.05, 4.69) is 48.6 Å². The quantitative estimate of drug-likeness (QED) is 0.703. The minimum atomic E-state index is 0.754. The summed E-state index contributed by atoms with van der Waals surface area (Å²) in [7, 11) is 2.20. The van der Waals surface area contributed by atoms with Crippen molar-refractivity contribution in [2.75, 3.05) is 26.7 Å². The summed E-state index contributed by atoms with van der Waals surface area (Å²) in [6.45, 7) is 9.01. The molecule has 0 saturated carbocycles. The van der Waals surface area contributed by atoms with E-state index in [-0.39, 0.29) is 0 Å². The third-order valence-corrected chi connectivity index (χ3v) is 3.31. The van der Waals surface area contributed by atoms with E-state index >= 15 is 0 Å². The van der Waals surface area contributed by atoms with Gasteiger partial charge in [-0.1, -0.05) is 19.9 Å². The van der Waals surface area contributed by atoms with Gasteiger partial charge < -0.3 is 10.2 Å². The zero-order valence-corrected chi connectivity index (χ0v) is 11.5. The molecule has 1 N–H and O–H groups in total. The third-order valence-electron chi connectivity index (χ3n) is 2.45. The monoisotopic (exact) mass is 240 g/mol. The molecule has 2 nitrogen and oxygen atoms in total. The molecule has 0 aromatic carbocycles. The first-order valence-corrected chi connectivity index (χ1v) is 6.98. The molecule has 0 aliphatic rings. The van der Waals surface area contributed by atoms with Crippen LogP contribution in [0.3, 0.4) is 0 Å². The summed E-state index contributed by atoms with van der Waals surface area (Å²) in [5, 5.41) is 5.62. The molecule has 0 bridgehead atoms. The van der Waals surface area contributed by atoms with Crippen LogP contribution in [0.15, 0.2) is 17.5 Å². The lowest BCUT2D eigenvalue weighted by Gasteiger charge is -2.15. The molecule has 92 valence electrons. The van der Waals surface area contributed by atoms with Crippen LogP contribution < -0.4 is 5.32 Å². The van der Waals surface area contributed by atoms with E-state index < -0.39 is 0 Å². The number of nitrogens with one attached hydrogen (secondary N) is 1. The van der Waals surface area contributed by atoms with Gasteiger partial charge in [0, 0.05) is 11.4 Å². The second kappa shape index (κ2) is 7.82. The largest absolute Gasteiger partial charge is 0.316 e. The van der Waals surface area contributed by atoms with Gasteiger partial charge in [0.15, 0.2) is 0 Å². The molecule has 0 fully saturated rings. The van der Waals surface area contributed by atoms with Crippen molar-refractivity contribution in [3.05, 3.63) is 22.4 Å². The van der Waals surface area contributed by atoms with Gasteiger partial charge in [0.1, 0.15) is 0 Å². The van der Waals surface area contributed by atoms with Gasteiger partial charge in [-0.3, -0.25) is 0 Å². The van der Waals surface area contributed by atoms with Crippen molar-refractivity contribution >= 4 is 11.3 Å². The van der Waals surface area contributed by atoms with Gasteiger partial charge in [-0.15, -0.1) is 11.3 Å². The zero-order valence-electron chi connectivity index (χ0n) is 10.7. The average molecular weight is 240 g/mol. The Morgan fingerprint density at radius 3 is 2.88 bits per heavy atom. The lowest BCUT2D eigenvalue weighted by molar-refractivity contribution is 0.321. The van der Waals surface area contributed by atoms with Crippen molar-refractivity contribution in [2.45, 2.75) is 26.8 Å². The maximum Gasteiger partial charge on any atom is 0.0324 e. The second-order valence-electron chi connectivity index (χ2n) is 4.77. The molecule has 0 aliphatic carbocycles. The van der Waals surface area contributed by atoms with Gasteiger partial charge in [0.25, 0.3) is 0 Å². The van der Waals surface area contributed by atoms with Crippen molar-refractivity contribution in [2.24, 2.45) is 5.92 Å². The van der Waals surface area contributed by atoms with E-state index in [9.17, 15) is 0 Å². The Bertz CT molecular complexity index is 257. The summed E-state index contributed by atoms with van der Waals surface area (Å²) in [5.74, 6) is 0.754. The number of rotatable bonds is 8. The zero-order chi connectivity index (χ0) is 11.8. The van der Waals surface area contributed by atoms with Crippen LogP contribution in [0, 0.1) is 5.92 Å². The highest BCUT2D eigenvalue weighted by Gasteiger charge is 2.00. The van der Waals surface area contributed by atoms with E-state index in [0.717, 1.165) is 25.6 Å². The topological polar surface area (TPSA) is 15.3 Å². The van der Waals surface area contributed by atoms with Crippen molar-refractivity contribution < 1.29 is 0 Å². The predicted molar refractivity (Wildman–Crippen MR) is 73.0 cm³/mol. The van der Waals surface area contributed by atoms with Gasteiger partial charge in [-0.25, -0.2) is 0 Å². The first kappa shape index (κ1) is 13.7. The summed E-state index contributed by atoms with van der Waals surface area (Å²) in [6.07, 6.45) is 1.23. The number of thiophene rings is 1. The van der Waals surface area contributed by atoms with Crippen molar-refractivity contribution in [3.63, 3.8) is 0 Å². The van der Waals surface area contributed by atoms with Gasteiger partial charge in [-0.05, 0) is 50.5 Å². The molecule has 0 unspecified atom stereocenters. The molecular formula is C13H24N2S. The smallest absolute Gasteiger partial charge is 0.0324 e. The van der Waals surface area contributed by atoms with Crippen LogP contribution in [0.1, 0.15) is 25.1 Å². The molecule has 16 heavy (non-hydrogen) atoms. The normalized spacial score (nSPS) is 11.6. The highest BCUT2D eigenvalue weighted by molar-refractivity contribution is 7.09. The Hall–Kier alpha value is -0.380. The van der Waals surface area contributed by atoms with Crippen molar-refractivity contribution in [3.8, 4) is 0 Å². The Balaban J connectivity index is 2.00. The van der Waals surface area contributed by atoms with Crippen LogP contribution in [0.2, 0.25) is 0 Å². The molecule has 1 heterocycles. The summed E-state index contributed by atoms with van der Waals surface area (Å²) < 4.78 is 0. The standard InChI is InChI=1S/C13H24N2S/c1-12(2)10-14-7-5-8-15(3)11-13-6-4-9-16-13/h4,6,9,12,14H,5,7-8,10-11H2,1-3H3. The maximum absolute atomic E-state index is 3.47. The highest BCUT2D eigenvalue weighted by atomic mass is 32.1. The fraction of sp³-hybridized carbons (Fsp3) is 0.692. The van der Waals surface area contributed by atoms with Crippen LogP contribution in [0.5, 0.6) is 0 Å². The summed E-state index contributed by atoms with van der Waals surface area (Å²) >= 11 is 1.84. The summed E-state index contributed by atoms with van der Waals surface area (Å²) in [6, 6.07) is 4.33. The fourth-order valence-corrected chi connectivity index (χ4v) is 2.40. The molecule has 0 atom stereocenters. The Labute approximate surface area is 104 Å². The number of hydrogen-bond donors (Lipinski definition) is 1. The van der Waals surface area contributed by atoms with Gasteiger partial charge in [0.2, 0.25) is 0 Å². The van der Waals surface area contributed by atoms with Crippen LogP contribution in [-0.4, -0.2) is 31.6 Å². The van der Waals surface area contributed by atoms with Gasteiger partial charge in [-0.2, -0.15) is 0 Å². The Morgan fingerprint density at radius 1 is 1.44 bits per heavy atom. The van der Waals surface area contributed by atoms with E-state index in [0.29, 0.717) is 0 Å². The number of hydrogen-bond acceptors (Lipinski definition) is 3. The van der Waals surface area contributed by atoms with Gasteiger partial charge in [0.05, 0.1) is 0 Å². The van der Waals surface area contributed by atoms with E-state index in [4.69, 9.17) is 0 Å². The van der Waals surface area contributed by atoms with Crippen LogP contribution in [0.25, 0.3) is 0 Å². The van der Waals surface area contributed by atoms with E-state index in [1.54, 1.807) is 0 Å². The molecule has 0 aliphatic heterocycles. The molecule has 3 heteroatoms. The molecule has 0 spiro atoms. The van der Waals surface area contributed by atoms with Crippen LogP contribution in [-0.2, 0) is 6.54 Å². The molecule has 0 saturated heterocycles. The van der Waals surface area contributed by atoms with Crippen molar-refractivity contribution in [1.82, 2.24) is 10.2 Å². The average Bonchev–Trinajstić information content (AvgIpc) is 2.69. The minimum absolute atomic E-state index is 0.754. The van der Waals surface area contributed by atoms with Crippen LogP contribution >= 0.6 is 11.3 Å². The fourth-order valence-electron chi connectivity index (χ4n) is 1.61. The first-order chi connectivity index (χ1) is 7.68. The van der Waals surface area contributed by atoms with Crippen LogP contribution in [0.4, 0.5) is 0 Å². The van der Waals surface area contributed by atoms with Crippen molar-refractivity contribution in [1.29, 1.82) is 0 Å². The molecule has 1 aromatic heterocycles. The first-order valence-electron chi connectivity index (χ1n) is 6.10. The molecule has 0 radical (unpaired) electrons. The predicted octanol–water partition coefficient (Wildman–Crippen LogP) is 2.82. The molecule has 0 amide bonds. The minimum Gasteiger partial charge on any atom is -0.316 e.